The quantitative estimate of drug-likeness (QED) is 0.522. The van der Waals surface area contributed by atoms with Crippen LogP contribution in [0.1, 0.15) is 0 Å². The lowest BCUT2D eigenvalue weighted by molar-refractivity contribution is 0.565. The number of nitrogens with zero attached hydrogens (tertiary/aromatic N) is 2. The van der Waals surface area contributed by atoms with Crippen molar-refractivity contribution in [2.45, 2.75) is 0 Å². The zero-order valence-electron chi connectivity index (χ0n) is 7.49. The van der Waals surface area contributed by atoms with Crippen LogP contribution in [-0.2, 0) is 11.8 Å². The fraction of sp³-hybridized carbons (Fsp3) is 0.100. The number of fused-ring (bicyclic) bond motifs is 1. The van der Waals surface area contributed by atoms with Gasteiger partial charge < -0.3 is 4.57 Å². The molecule has 2 aromatic rings. The van der Waals surface area contributed by atoms with Gasteiger partial charge in [0.25, 0.3) is 0 Å². The Labute approximate surface area is 85.6 Å². The maximum absolute atomic E-state index is 10.1. The standard InChI is InChI=1S/C10H7ClN2O/c1-13-3-2-8-9(11)4-7(12-6-14)5-10(8)13/h2-5H,1H3. The van der Waals surface area contributed by atoms with Crippen LogP contribution in [0.2, 0.25) is 5.02 Å². The summed E-state index contributed by atoms with van der Waals surface area (Å²) in [6, 6.07) is 5.37. The maximum atomic E-state index is 10.1. The third kappa shape index (κ3) is 1.33. The lowest BCUT2D eigenvalue weighted by atomic mass is 10.2. The molecule has 14 heavy (non-hydrogen) atoms. The predicted octanol–water partition coefficient (Wildman–Crippen LogP) is 2.80. The number of aromatic nitrogens is 1. The molecule has 0 unspecified atom stereocenters. The Balaban J connectivity index is 2.81. The van der Waals surface area contributed by atoms with E-state index in [4.69, 9.17) is 11.6 Å². The zero-order chi connectivity index (χ0) is 10.1. The van der Waals surface area contributed by atoms with Crippen LogP contribution in [0.25, 0.3) is 10.9 Å². The second-order valence-corrected chi connectivity index (χ2v) is 3.40. The SMILES string of the molecule is Cn1ccc2c(Cl)cc(N=C=O)cc21. The van der Waals surface area contributed by atoms with E-state index >= 15 is 0 Å². The number of aliphatic imine (C=N–C) groups is 1. The Morgan fingerprint density at radius 3 is 3.00 bits per heavy atom. The minimum absolute atomic E-state index is 0.527. The van der Waals surface area contributed by atoms with Crippen molar-refractivity contribution in [3.63, 3.8) is 0 Å². The molecule has 0 aliphatic carbocycles. The van der Waals surface area contributed by atoms with E-state index < -0.39 is 0 Å². The molecule has 1 heterocycles. The molecule has 4 heteroatoms. The monoisotopic (exact) mass is 206 g/mol. The molecule has 2 rings (SSSR count). The molecule has 1 aromatic heterocycles. The van der Waals surface area contributed by atoms with Gasteiger partial charge in [0.1, 0.15) is 0 Å². The highest BCUT2D eigenvalue weighted by Crippen LogP contribution is 2.29. The number of carbonyl (C=O) groups excluding carboxylic acids is 1. The van der Waals surface area contributed by atoms with Crippen LogP contribution in [0.3, 0.4) is 0 Å². The minimum Gasteiger partial charge on any atom is -0.350 e. The van der Waals surface area contributed by atoms with E-state index in [9.17, 15) is 4.79 Å². The highest BCUT2D eigenvalue weighted by Gasteiger charge is 2.04. The molecule has 1 aromatic carbocycles. The van der Waals surface area contributed by atoms with E-state index in [2.05, 4.69) is 4.99 Å². The number of hydrogen-bond donors (Lipinski definition) is 0. The number of hydrogen-bond acceptors (Lipinski definition) is 2. The van der Waals surface area contributed by atoms with Crippen LogP contribution in [0.5, 0.6) is 0 Å². The van der Waals surface area contributed by atoms with Crippen molar-refractivity contribution >= 4 is 34.3 Å². The van der Waals surface area contributed by atoms with E-state index in [1.54, 1.807) is 12.1 Å². The highest BCUT2D eigenvalue weighted by molar-refractivity contribution is 6.35. The van der Waals surface area contributed by atoms with Gasteiger partial charge in [-0.3, -0.25) is 0 Å². The molecule has 0 saturated carbocycles. The van der Waals surface area contributed by atoms with Crippen LogP contribution in [-0.4, -0.2) is 10.6 Å². The summed E-state index contributed by atoms with van der Waals surface area (Å²) < 4.78 is 1.92. The van der Waals surface area contributed by atoms with Gasteiger partial charge in [-0.25, -0.2) is 4.79 Å². The van der Waals surface area contributed by atoms with Gasteiger partial charge in [0.2, 0.25) is 6.08 Å². The average molecular weight is 207 g/mol. The fourth-order valence-electron chi connectivity index (χ4n) is 1.43. The Morgan fingerprint density at radius 1 is 1.50 bits per heavy atom. The molecule has 0 amide bonds. The lowest BCUT2D eigenvalue weighted by Gasteiger charge is -1.99. The smallest absolute Gasteiger partial charge is 0.240 e. The van der Waals surface area contributed by atoms with Crippen molar-refractivity contribution < 1.29 is 4.79 Å². The van der Waals surface area contributed by atoms with Crippen LogP contribution in [0.4, 0.5) is 5.69 Å². The first kappa shape index (κ1) is 9.00. The number of benzene rings is 1. The van der Waals surface area contributed by atoms with Crippen molar-refractivity contribution in [2.75, 3.05) is 0 Å². The molecule has 0 aliphatic rings. The number of rotatable bonds is 1. The Kier molecular flexibility index (Phi) is 2.12. The van der Waals surface area contributed by atoms with Gasteiger partial charge >= 0.3 is 0 Å². The lowest BCUT2D eigenvalue weighted by Crippen LogP contribution is -1.83. The van der Waals surface area contributed by atoms with Crippen molar-refractivity contribution in [1.82, 2.24) is 4.57 Å². The molecule has 0 aliphatic heterocycles. The van der Waals surface area contributed by atoms with Crippen LogP contribution < -0.4 is 0 Å². The summed E-state index contributed by atoms with van der Waals surface area (Å²) in [6.07, 6.45) is 3.40. The van der Waals surface area contributed by atoms with Gasteiger partial charge in [0.15, 0.2) is 0 Å². The second-order valence-electron chi connectivity index (χ2n) is 2.99. The molecule has 3 nitrogen and oxygen atoms in total. The molecule has 0 bridgehead atoms. The number of halogens is 1. The molecule has 0 fully saturated rings. The second kappa shape index (κ2) is 3.29. The largest absolute Gasteiger partial charge is 0.350 e. The van der Waals surface area contributed by atoms with E-state index in [0.29, 0.717) is 10.7 Å². The Bertz CT molecular complexity index is 538. The first-order chi connectivity index (χ1) is 6.72. The predicted molar refractivity (Wildman–Crippen MR) is 55.7 cm³/mol. The zero-order valence-corrected chi connectivity index (χ0v) is 8.25. The van der Waals surface area contributed by atoms with Crippen molar-refractivity contribution in [3.8, 4) is 0 Å². The van der Waals surface area contributed by atoms with Gasteiger partial charge in [0, 0.05) is 18.6 Å². The van der Waals surface area contributed by atoms with Crippen molar-refractivity contribution in [3.05, 3.63) is 29.4 Å². The molecule has 0 spiro atoms. The molecule has 70 valence electrons. The third-order valence-corrected chi connectivity index (χ3v) is 2.42. The van der Waals surface area contributed by atoms with Crippen LogP contribution in [0.15, 0.2) is 29.4 Å². The summed E-state index contributed by atoms with van der Waals surface area (Å²) in [5.74, 6) is 0. The van der Waals surface area contributed by atoms with Crippen LogP contribution in [0, 0.1) is 0 Å². The number of isocyanates is 1. The normalized spacial score (nSPS) is 10.1. The fourth-order valence-corrected chi connectivity index (χ4v) is 1.70. The summed E-state index contributed by atoms with van der Waals surface area (Å²) in [4.78, 5) is 13.6. The molecular weight excluding hydrogens is 200 g/mol. The van der Waals surface area contributed by atoms with E-state index in [0.717, 1.165) is 10.9 Å². The van der Waals surface area contributed by atoms with Gasteiger partial charge in [-0.1, -0.05) is 11.6 Å². The molecule has 0 atom stereocenters. The molecule has 0 radical (unpaired) electrons. The molecule has 0 saturated heterocycles. The van der Waals surface area contributed by atoms with E-state index in [1.165, 1.54) is 6.08 Å². The first-order valence-electron chi connectivity index (χ1n) is 4.05. The first-order valence-corrected chi connectivity index (χ1v) is 4.42. The average Bonchev–Trinajstić information content (AvgIpc) is 2.49. The Morgan fingerprint density at radius 2 is 2.29 bits per heavy atom. The summed E-state index contributed by atoms with van der Waals surface area (Å²) >= 11 is 6.01. The maximum Gasteiger partial charge on any atom is 0.240 e. The van der Waals surface area contributed by atoms with Crippen LogP contribution >= 0.6 is 11.6 Å². The topological polar surface area (TPSA) is 34.4 Å². The summed E-state index contributed by atoms with van der Waals surface area (Å²) in [7, 11) is 1.91. The number of aryl methyl sites for hydroxylation is 1. The van der Waals surface area contributed by atoms with E-state index in [-0.39, 0.29) is 0 Å². The summed E-state index contributed by atoms with van der Waals surface area (Å²) in [6.45, 7) is 0. The van der Waals surface area contributed by atoms with Crippen molar-refractivity contribution in [2.24, 2.45) is 12.0 Å². The molecular formula is C10H7ClN2O. The molecule has 0 N–H and O–H groups in total. The van der Waals surface area contributed by atoms with E-state index in [1.807, 2.05) is 23.9 Å². The third-order valence-electron chi connectivity index (χ3n) is 2.11. The van der Waals surface area contributed by atoms with Gasteiger partial charge in [-0.05, 0) is 18.2 Å². The van der Waals surface area contributed by atoms with Gasteiger partial charge in [0.05, 0.1) is 16.2 Å². The highest BCUT2D eigenvalue weighted by atomic mass is 35.5. The van der Waals surface area contributed by atoms with Gasteiger partial charge in [-0.2, -0.15) is 4.99 Å². The van der Waals surface area contributed by atoms with Gasteiger partial charge in [-0.15, -0.1) is 0 Å². The Hall–Kier alpha value is -1.57. The summed E-state index contributed by atoms with van der Waals surface area (Å²) in [5, 5.41) is 1.55. The summed E-state index contributed by atoms with van der Waals surface area (Å²) in [5.41, 5.74) is 1.48. The minimum atomic E-state index is 0.527. The van der Waals surface area contributed by atoms with Crippen molar-refractivity contribution in [1.29, 1.82) is 0 Å².